The molecule has 0 unspecified atom stereocenters. The van der Waals surface area contributed by atoms with Crippen molar-refractivity contribution in [3.63, 3.8) is 0 Å². The minimum atomic E-state index is -1.22. The number of allylic oxidation sites excluding steroid dienone is 1. The van der Waals surface area contributed by atoms with Crippen LogP contribution in [0.15, 0.2) is 23.6 Å². The normalized spacial score (nSPS) is 9.67. The molecule has 0 bridgehead atoms. The molecule has 1 aromatic heterocycles. The lowest BCUT2D eigenvalue weighted by atomic mass is 10.4. The van der Waals surface area contributed by atoms with Gasteiger partial charge >= 0.3 is 5.97 Å². The predicted octanol–water partition coefficient (Wildman–Crippen LogP) is 0.0606. The number of H-pyrrole nitrogens is 1. The summed E-state index contributed by atoms with van der Waals surface area (Å²) >= 11 is 0. The Kier molecular flexibility index (Phi) is 2.14. The van der Waals surface area contributed by atoms with Gasteiger partial charge in [0.1, 0.15) is 5.56 Å². The molecule has 1 rings (SSSR count). The molecule has 1 aromatic rings. The molecule has 5 nitrogen and oxygen atoms in total. The zero-order valence-corrected chi connectivity index (χ0v) is 6.28. The van der Waals surface area contributed by atoms with Crippen LogP contribution in [-0.4, -0.2) is 20.9 Å². The average molecular weight is 168 g/mol. The second-order valence-electron chi connectivity index (χ2n) is 2.20. The summed E-state index contributed by atoms with van der Waals surface area (Å²) in [6.07, 6.45) is 2.66. The van der Waals surface area contributed by atoms with Gasteiger partial charge in [-0.3, -0.25) is 4.79 Å². The molecule has 0 fully saturated rings. The van der Waals surface area contributed by atoms with Gasteiger partial charge in [0, 0.05) is 6.20 Å². The number of aromatic nitrogens is 2. The number of carboxylic acid groups (broad SMARTS) is 1. The largest absolute Gasteiger partial charge is 0.477 e. The summed E-state index contributed by atoms with van der Waals surface area (Å²) in [5.74, 6) is -1.22. The molecule has 0 radical (unpaired) electrons. The van der Waals surface area contributed by atoms with Gasteiger partial charge in [-0.05, 0) is 0 Å². The van der Waals surface area contributed by atoms with Gasteiger partial charge in [0.05, 0.1) is 6.54 Å². The summed E-state index contributed by atoms with van der Waals surface area (Å²) in [6, 6.07) is 0. The van der Waals surface area contributed by atoms with Gasteiger partial charge in [0.2, 0.25) is 0 Å². The monoisotopic (exact) mass is 168 g/mol. The van der Waals surface area contributed by atoms with Crippen LogP contribution in [0, 0.1) is 0 Å². The van der Waals surface area contributed by atoms with Crippen molar-refractivity contribution < 1.29 is 9.90 Å². The van der Waals surface area contributed by atoms with Crippen molar-refractivity contribution >= 4 is 5.97 Å². The maximum absolute atomic E-state index is 11.1. The number of hydrogen-bond acceptors (Lipinski definition) is 2. The summed E-state index contributed by atoms with van der Waals surface area (Å²) in [5, 5.41) is 11.0. The van der Waals surface area contributed by atoms with Crippen LogP contribution in [0.25, 0.3) is 0 Å². The maximum atomic E-state index is 11.1. The molecule has 0 aliphatic heterocycles. The fourth-order valence-electron chi connectivity index (χ4n) is 0.826. The van der Waals surface area contributed by atoms with Crippen LogP contribution < -0.4 is 5.56 Å². The first-order chi connectivity index (χ1) is 5.66. The van der Waals surface area contributed by atoms with E-state index in [0.29, 0.717) is 0 Å². The van der Waals surface area contributed by atoms with Gasteiger partial charge in [-0.1, -0.05) is 6.08 Å². The van der Waals surface area contributed by atoms with Crippen LogP contribution >= 0.6 is 0 Å². The van der Waals surface area contributed by atoms with Crippen LogP contribution in [0.3, 0.4) is 0 Å². The van der Waals surface area contributed by atoms with Crippen LogP contribution in [0.1, 0.15) is 10.4 Å². The molecule has 5 heteroatoms. The van der Waals surface area contributed by atoms with Gasteiger partial charge in [-0.2, -0.15) is 0 Å². The lowest BCUT2D eigenvalue weighted by molar-refractivity contribution is 0.0695. The Morgan fingerprint density at radius 3 is 2.92 bits per heavy atom. The summed E-state index contributed by atoms with van der Waals surface area (Å²) < 4.78 is 1.16. The quantitative estimate of drug-likeness (QED) is 0.626. The number of rotatable bonds is 3. The van der Waals surface area contributed by atoms with E-state index in [9.17, 15) is 9.59 Å². The van der Waals surface area contributed by atoms with Crippen LogP contribution in [-0.2, 0) is 6.54 Å². The van der Waals surface area contributed by atoms with Gasteiger partial charge < -0.3 is 10.2 Å². The minimum absolute atomic E-state index is 0.253. The topological polar surface area (TPSA) is 75.1 Å². The van der Waals surface area contributed by atoms with Crippen LogP contribution in [0.5, 0.6) is 0 Å². The van der Waals surface area contributed by atoms with Crippen LogP contribution in [0.2, 0.25) is 0 Å². The number of hydrogen-bond donors (Lipinski definition) is 2. The van der Waals surface area contributed by atoms with Gasteiger partial charge in [0.15, 0.2) is 0 Å². The minimum Gasteiger partial charge on any atom is -0.477 e. The fourth-order valence-corrected chi connectivity index (χ4v) is 0.826. The second kappa shape index (κ2) is 3.08. The van der Waals surface area contributed by atoms with Gasteiger partial charge in [-0.15, -0.1) is 6.58 Å². The third-order valence-corrected chi connectivity index (χ3v) is 1.38. The van der Waals surface area contributed by atoms with Gasteiger partial charge in [-0.25, -0.2) is 9.48 Å². The van der Waals surface area contributed by atoms with E-state index in [0.717, 1.165) is 10.9 Å². The molecule has 64 valence electrons. The van der Waals surface area contributed by atoms with E-state index >= 15 is 0 Å². The Hall–Kier alpha value is -1.78. The van der Waals surface area contributed by atoms with E-state index in [2.05, 4.69) is 11.7 Å². The summed E-state index contributed by atoms with van der Waals surface area (Å²) in [5.41, 5.74) is -0.792. The first-order valence-electron chi connectivity index (χ1n) is 3.29. The molecule has 1 heterocycles. The number of aromatic amines is 1. The van der Waals surface area contributed by atoms with Crippen molar-refractivity contribution in [2.24, 2.45) is 0 Å². The average Bonchev–Trinajstić information content (AvgIpc) is 2.34. The van der Waals surface area contributed by atoms with Gasteiger partial charge in [0.25, 0.3) is 5.56 Å². The number of carboxylic acids is 1. The fraction of sp³-hybridized carbons (Fsp3) is 0.143. The van der Waals surface area contributed by atoms with E-state index in [1.54, 1.807) is 0 Å². The highest BCUT2D eigenvalue weighted by atomic mass is 16.4. The summed E-state index contributed by atoms with van der Waals surface area (Å²) in [6.45, 7) is 3.71. The highest BCUT2D eigenvalue weighted by Gasteiger charge is 2.11. The molecule has 12 heavy (non-hydrogen) atoms. The number of carbonyl (C=O) groups is 1. The third kappa shape index (κ3) is 1.29. The lowest BCUT2D eigenvalue weighted by Crippen LogP contribution is -2.20. The predicted molar refractivity (Wildman–Crippen MR) is 42.2 cm³/mol. The highest BCUT2D eigenvalue weighted by Crippen LogP contribution is 1.88. The Morgan fingerprint density at radius 2 is 2.50 bits per heavy atom. The van der Waals surface area contributed by atoms with Crippen molar-refractivity contribution in [3.8, 4) is 0 Å². The zero-order chi connectivity index (χ0) is 9.14. The summed E-state index contributed by atoms with van der Waals surface area (Å²) in [4.78, 5) is 21.5. The van der Waals surface area contributed by atoms with E-state index in [1.165, 1.54) is 6.08 Å². The van der Waals surface area contributed by atoms with E-state index < -0.39 is 11.5 Å². The lowest BCUT2D eigenvalue weighted by Gasteiger charge is -1.91. The summed E-state index contributed by atoms with van der Waals surface area (Å²) in [7, 11) is 0. The van der Waals surface area contributed by atoms with Crippen molar-refractivity contribution in [2.75, 3.05) is 0 Å². The van der Waals surface area contributed by atoms with Crippen LogP contribution in [0.4, 0.5) is 0 Å². The maximum Gasteiger partial charge on any atom is 0.342 e. The highest BCUT2D eigenvalue weighted by molar-refractivity contribution is 5.86. The van der Waals surface area contributed by atoms with E-state index in [-0.39, 0.29) is 12.1 Å². The molecule has 2 N–H and O–H groups in total. The Bertz CT molecular complexity index is 361. The molecule has 0 aromatic carbocycles. The molecule has 0 aliphatic rings. The number of aromatic carboxylic acids is 1. The zero-order valence-electron chi connectivity index (χ0n) is 6.28. The van der Waals surface area contributed by atoms with Crippen molar-refractivity contribution in [2.45, 2.75) is 6.54 Å². The number of nitrogens with one attached hydrogen (secondary N) is 1. The van der Waals surface area contributed by atoms with Crippen molar-refractivity contribution in [1.29, 1.82) is 0 Å². The molecule has 0 aliphatic carbocycles. The smallest absolute Gasteiger partial charge is 0.342 e. The third-order valence-electron chi connectivity index (χ3n) is 1.38. The van der Waals surface area contributed by atoms with Crippen molar-refractivity contribution in [3.05, 3.63) is 34.8 Å². The molecular weight excluding hydrogens is 160 g/mol. The number of nitrogens with zero attached hydrogens (tertiary/aromatic N) is 1. The Morgan fingerprint density at radius 1 is 1.83 bits per heavy atom. The Labute approximate surface area is 67.9 Å². The van der Waals surface area contributed by atoms with E-state index in [4.69, 9.17) is 5.11 Å². The van der Waals surface area contributed by atoms with E-state index in [1.807, 2.05) is 0 Å². The standard InChI is InChI=1S/C7H8N2O3/c1-2-3-9-6(10)5(4-8-9)7(11)12/h2,4,8H,1,3H2,(H,11,12). The molecular formula is C7H8N2O3. The Balaban J connectivity index is 3.13. The molecule has 0 saturated heterocycles. The molecule has 0 saturated carbocycles. The van der Waals surface area contributed by atoms with Crippen molar-refractivity contribution in [1.82, 2.24) is 9.78 Å². The SMILES string of the molecule is C=CCn1[nH]cc(C(=O)O)c1=O. The molecule has 0 spiro atoms. The second-order valence-corrected chi connectivity index (χ2v) is 2.20. The first-order valence-corrected chi connectivity index (χ1v) is 3.29. The first kappa shape index (κ1) is 8.32. The molecule has 0 amide bonds. The molecule has 0 atom stereocenters.